The molecule has 0 saturated heterocycles. The van der Waals surface area contributed by atoms with E-state index in [2.05, 4.69) is 23.9 Å². The van der Waals surface area contributed by atoms with E-state index in [0.29, 0.717) is 0 Å². The summed E-state index contributed by atoms with van der Waals surface area (Å²) in [4.78, 5) is 4.27. The molecule has 1 saturated carbocycles. The van der Waals surface area contributed by atoms with Crippen LogP contribution in [0.1, 0.15) is 45.4 Å². The summed E-state index contributed by atoms with van der Waals surface area (Å²) in [5.74, 6) is 1.72. The van der Waals surface area contributed by atoms with Gasteiger partial charge in [0.2, 0.25) is 0 Å². The molecule has 1 aliphatic rings. The molecule has 19 heavy (non-hydrogen) atoms. The minimum atomic E-state index is -0.173. The summed E-state index contributed by atoms with van der Waals surface area (Å²) < 4.78 is 7.88. The Labute approximate surface area is 115 Å². The fourth-order valence-corrected chi connectivity index (χ4v) is 3.05. The Morgan fingerprint density at radius 3 is 2.74 bits per heavy atom. The molecule has 0 aliphatic heterocycles. The Hall–Kier alpha value is -0.940. The van der Waals surface area contributed by atoms with Gasteiger partial charge in [0.1, 0.15) is 12.2 Å². The fraction of sp³-hybridized carbons (Fsp3) is 0.857. The van der Waals surface area contributed by atoms with Gasteiger partial charge in [-0.15, -0.1) is 0 Å². The number of nitrogens with zero attached hydrogens (tertiary/aromatic N) is 3. The molecule has 108 valence electrons. The predicted octanol–water partition coefficient (Wildman–Crippen LogP) is 1.67. The fourth-order valence-electron chi connectivity index (χ4n) is 3.05. The first kappa shape index (κ1) is 14.5. The van der Waals surface area contributed by atoms with Gasteiger partial charge < -0.3 is 10.5 Å². The zero-order valence-electron chi connectivity index (χ0n) is 12.3. The van der Waals surface area contributed by atoms with E-state index < -0.39 is 0 Å². The van der Waals surface area contributed by atoms with Crippen LogP contribution >= 0.6 is 0 Å². The van der Waals surface area contributed by atoms with Crippen molar-refractivity contribution < 1.29 is 4.74 Å². The molecular weight excluding hydrogens is 240 g/mol. The highest BCUT2D eigenvalue weighted by Gasteiger charge is 2.40. The van der Waals surface area contributed by atoms with Gasteiger partial charge in [0.25, 0.3) is 0 Å². The summed E-state index contributed by atoms with van der Waals surface area (Å²) in [5, 5.41) is 4.10. The van der Waals surface area contributed by atoms with Crippen LogP contribution in [0.2, 0.25) is 0 Å². The minimum Gasteiger partial charge on any atom is -0.374 e. The molecule has 1 aromatic heterocycles. The quantitative estimate of drug-likeness (QED) is 0.880. The lowest BCUT2D eigenvalue weighted by Crippen LogP contribution is -2.53. The van der Waals surface area contributed by atoms with E-state index in [4.69, 9.17) is 10.5 Å². The molecular formula is C14H26N4O. The van der Waals surface area contributed by atoms with Crippen LogP contribution in [0.25, 0.3) is 0 Å². The molecule has 5 nitrogen and oxygen atoms in total. The molecule has 0 spiro atoms. The molecule has 1 atom stereocenters. The first-order valence-electron chi connectivity index (χ1n) is 7.30. The van der Waals surface area contributed by atoms with E-state index >= 15 is 0 Å². The third-order valence-corrected chi connectivity index (χ3v) is 4.44. The van der Waals surface area contributed by atoms with Crippen LogP contribution in [0.4, 0.5) is 0 Å². The van der Waals surface area contributed by atoms with Gasteiger partial charge in [-0.3, -0.25) is 4.68 Å². The lowest BCUT2D eigenvalue weighted by molar-refractivity contribution is -0.0887. The van der Waals surface area contributed by atoms with E-state index in [1.54, 1.807) is 11.0 Å². The van der Waals surface area contributed by atoms with Crippen LogP contribution in [-0.2, 0) is 18.2 Å². The van der Waals surface area contributed by atoms with Crippen molar-refractivity contribution >= 4 is 0 Å². The van der Waals surface area contributed by atoms with Gasteiger partial charge in [0.15, 0.2) is 0 Å². The minimum absolute atomic E-state index is 0.0113. The molecule has 1 fully saturated rings. The van der Waals surface area contributed by atoms with Crippen molar-refractivity contribution in [2.75, 3.05) is 6.61 Å². The van der Waals surface area contributed by atoms with Crippen molar-refractivity contribution in [1.82, 2.24) is 14.8 Å². The second-order valence-electron chi connectivity index (χ2n) is 5.79. The molecule has 0 radical (unpaired) electrons. The van der Waals surface area contributed by atoms with Crippen molar-refractivity contribution in [2.24, 2.45) is 18.7 Å². The maximum atomic E-state index is 6.47. The lowest BCUT2D eigenvalue weighted by atomic mass is 9.74. The zero-order chi connectivity index (χ0) is 13.9. The number of aryl methyl sites for hydroxylation is 1. The average molecular weight is 266 g/mol. The largest absolute Gasteiger partial charge is 0.374 e. The molecule has 1 aliphatic carbocycles. The molecule has 0 aromatic carbocycles. The average Bonchev–Trinajstić information content (AvgIpc) is 2.78. The summed E-state index contributed by atoms with van der Waals surface area (Å²) >= 11 is 0. The summed E-state index contributed by atoms with van der Waals surface area (Å²) in [7, 11) is 1.91. The number of hydrogen-bond donors (Lipinski definition) is 1. The highest BCUT2D eigenvalue weighted by molar-refractivity contribution is 5.00. The molecule has 1 heterocycles. The number of nitrogens with two attached hydrogens (primary N) is 1. The van der Waals surface area contributed by atoms with E-state index in [9.17, 15) is 0 Å². The number of ether oxygens (including phenoxy) is 1. The van der Waals surface area contributed by atoms with Gasteiger partial charge in [0.05, 0.1) is 5.60 Å². The zero-order valence-corrected chi connectivity index (χ0v) is 12.3. The van der Waals surface area contributed by atoms with Crippen LogP contribution < -0.4 is 5.73 Å². The lowest BCUT2D eigenvalue weighted by Gasteiger charge is -2.43. The number of hydrogen-bond acceptors (Lipinski definition) is 4. The number of aromatic nitrogens is 3. The van der Waals surface area contributed by atoms with Crippen molar-refractivity contribution in [3.05, 3.63) is 12.2 Å². The van der Waals surface area contributed by atoms with Gasteiger partial charge >= 0.3 is 0 Å². The standard InChI is InChI=1S/C14H26N4O/c1-4-19-14(7-5-11(2)6-8-14)12(15)9-13-16-10-17-18(13)3/h10-12H,4-9,15H2,1-3H3. The van der Waals surface area contributed by atoms with Gasteiger partial charge in [-0.1, -0.05) is 6.92 Å². The summed E-state index contributed by atoms with van der Waals surface area (Å²) in [6, 6.07) is -0.0113. The van der Waals surface area contributed by atoms with Crippen molar-refractivity contribution in [3.8, 4) is 0 Å². The van der Waals surface area contributed by atoms with E-state index in [0.717, 1.165) is 37.6 Å². The first-order chi connectivity index (χ1) is 9.07. The van der Waals surface area contributed by atoms with Crippen LogP contribution in [-0.4, -0.2) is 33.0 Å². The Bertz CT molecular complexity index is 396. The van der Waals surface area contributed by atoms with Crippen LogP contribution in [0.5, 0.6) is 0 Å². The van der Waals surface area contributed by atoms with E-state index in [1.807, 2.05) is 7.05 Å². The Morgan fingerprint density at radius 1 is 1.53 bits per heavy atom. The highest BCUT2D eigenvalue weighted by Crippen LogP contribution is 2.37. The summed E-state index contributed by atoms with van der Waals surface area (Å²) in [6.45, 7) is 5.08. The molecule has 1 aromatic rings. The van der Waals surface area contributed by atoms with Crippen LogP contribution in [0, 0.1) is 5.92 Å². The third kappa shape index (κ3) is 3.15. The SMILES string of the molecule is CCOC1(C(N)Cc2ncnn2C)CCC(C)CC1. The Kier molecular flexibility index (Phi) is 4.58. The molecule has 5 heteroatoms. The molecule has 2 N–H and O–H groups in total. The second-order valence-corrected chi connectivity index (χ2v) is 5.79. The molecule has 2 rings (SSSR count). The normalized spacial score (nSPS) is 29.4. The molecule has 0 amide bonds. The number of rotatable bonds is 5. The van der Waals surface area contributed by atoms with E-state index in [-0.39, 0.29) is 11.6 Å². The smallest absolute Gasteiger partial charge is 0.138 e. The first-order valence-corrected chi connectivity index (χ1v) is 7.30. The van der Waals surface area contributed by atoms with E-state index in [1.165, 1.54) is 12.8 Å². The molecule has 0 bridgehead atoms. The van der Waals surface area contributed by atoms with Crippen molar-refractivity contribution in [1.29, 1.82) is 0 Å². The van der Waals surface area contributed by atoms with Crippen LogP contribution in [0.3, 0.4) is 0 Å². The topological polar surface area (TPSA) is 66.0 Å². The predicted molar refractivity (Wildman–Crippen MR) is 74.7 cm³/mol. The van der Waals surface area contributed by atoms with Crippen molar-refractivity contribution in [2.45, 2.75) is 57.6 Å². The Morgan fingerprint density at radius 2 is 2.21 bits per heavy atom. The van der Waals surface area contributed by atoms with Gasteiger partial charge in [-0.25, -0.2) is 4.98 Å². The Balaban J connectivity index is 2.08. The van der Waals surface area contributed by atoms with Crippen molar-refractivity contribution in [3.63, 3.8) is 0 Å². The molecule has 1 unspecified atom stereocenters. The maximum absolute atomic E-state index is 6.47. The maximum Gasteiger partial charge on any atom is 0.138 e. The third-order valence-electron chi connectivity index (χ3n) is 4.44. The second kappa shape index (κ2) is 6.01. The summed E-state index contributed by atoms with van der Waals surface area (Å²) in [5.41, 5.74) is 6.30. The highest BCUT2D eigenvalue weighted by atomic mass is 16.5. The van der Waals surface area contributed by atoms with Gasteiger partial charge in [0, 0.05) is 26.1 Å². The van der Waals surface area contributed by atoms with Gasteiger partial charge in [-0.05, 0) is 38.5 Å². The summed E-state index contributed by atoms with van der Waals surface area (Å²) in [6.07, 6.45) is 6.82. The monoisotopic (exact) mass is 266 g/mol. The van der Waals surface area contributed by atoms with Crippen LogP contribution in [0.15, 0.2) is 6.33 Å². The van der Waals surface area contributed by atoms with Gasteiger partial charge in [-0.2, -0.15) is 5.10 Å².